The maximum absolute atomic E-state index is 5.48. The van der Waals surface area contributed by atoms with Gasteiger partial charge in [-0.1, -0.05) is 20.3 Å². The highest BCUT2D eigenvalue weighted by Crippen LogP contribution is 2.28. The molecule has 1 aliphatic carbocycles. The van der Waals surface area contributed by atoms with Gasteiger partial charge in [0.25, 0.3) is 0 Å². The van der Waals surface area contributed by atoms with E-state index in [1.54, 1.807) is 0 Å². The number of rotatable bonds is 8. The Morgan fingerprint density at radius 2 is 1.89 bits per heavy atom. The quantitative estimate of drug-likeness (QED) is 0.732. The van der Waals surface area contributed by atoms with Crippen LogP contribution in [0.15, 0.2) is 0 Å². The first-order valence-corrected chi connectivity index (χ1v) is 8.14. The van der Waals surface area contributed by atoms with E-state index in [9.17, 15) is 0 Å². The predicted octanol–water partition coefficient (Wildman–Crippen LogP) is 2.66. The Balaban J connectivity index is 1.82. The number of nitrogens with zero attached hydrogens (tertiary/aromatic N) is 1. The van der Waals surface area contributed by atoms with E-state index in [2.05, 4.69) is 31.1 Å². The molecular formula is C16H32N2O. The van der Waals surface area contributed by atoms with Crippen molar-refractivity contribution in [1.29, 1.82) is 0 Å². The minimum Gasteiger partial charge on any atom is -0.381 e. The largest absolute Gasteiger partial charge is 0.381 e. The topological polar surface area (TPSA) is 24.5 Å². The fourth-order valence-electron chi connectivity index (χ4n) is 3.36. The molecule has 0 radical (unpaired) electrons. The lowest BCUT2D eigenvalue weighted by Gasteiger charge is -2.39. The molecule has 2 fully saturated rings. The summed E-state index contributed by atoms with van der Waals surface area (Å²) in [7, 11) is 2.31. The van der Waals surface area contributed by atoms with Crippen LogP contribution in [0.1, 0.15) is 52.4 Å². The average molecular weight is 268 g/mol. The third-order valence-electron chi connectivity index (χ3n) is 4.69. The van der Waals surface area contributed by atoms with Crippen molar-refractivity contribution in [2.24, 2.45) is 5.41 Å². The van der Waals surface area contributed by atoms with Gasteiger partial charge in [-0.3, -0.25) is 0 Å². The molecule has 112 valence electrons. The summed E-state index contributed by atoms with van der Waals surface area (Å²) in [6, 6.07) is 1.55. The normalized spacial score (nSPS) is 24.6. The van der Waals surface area contributed by atoms with Crippen molar-refractivity contribution in [2.75, 3.05) is 33.4 Å². The van der Waals surface area contributed by atoms with Crippen LogP contribution in [0.4, 0.5) is 0 Å². The van der Waals surface area contributed by atoms with Crippen molar-refractivity contribution < 1.29 is 4.74 Å². The van der Waals surface area contributed by atoms with E-state index in [1.165, 1.54) is 51.6 Å². The standard InChI is InChI=1S/C16H32N2O/c1-4-9-16(2,12-17-14-5-6-14)13-18(3)15-7-10-19-11-8-15/h14-15,17H,4-13H2,1-3H3. The lowest BCUT2D eigenvalue weighted by Crippen LogP contribution is -2.46. The molecule has 1 saturated heterocycles. The maximum Gasteiger partial charge on any atom is 0.0480 e. The Morgan fingerprint density at radius 1 is 1.21 bits per heavy atom. The molecule has 1 N–H and O–H groups in total. The van der Waals surface area contributed by atoms with Crippen LogP contribution in [0.25, 0.3) is 0 Å². The van der Waals surface area contributed by atoms with Crippen LogP contribution in [0.2, 0.25) is 0 Å². The molecule has 0 spiro atoms. The van der Waals surface area contributed by atoms with Gasteiger partial charge >= 0.3 is 0 Å². The third-order valence-corrected chi connectivity index (χ3v) is 4.69. The molecule has 1 unspecified atom stereocenters. The molecule has 1 atom stereocenters. The minimum absolute atomic E-state index is 0.421. The Kier molecular flexibility index (Phi) is 5.67. The van der Waals surface area contributed by atoms with Gasteiger partial charge in [-0.15, -0.1) is 0 Å². The first-order chi connectivity index (χ1) is 9.13. The van der Waals surface area contributed by atoms with Crippen LogP contribution in [0.5, 0.6) is 0 Å². The molecule has 0 amide bonds. The summed E-state index contributed by atoms with van der Waals surface area (Å²) in [6.45, 7) is 9.05. The summed E-state index contributed by atoms with van der Waals surface area (Å²) in [5.74, 6) is 0. The van der Waals surface area contributed by atoms with Crippen LogP contribution in [0.3, 0.4) is 0 Å². The smallest absolute Gasteiger partial charge is 0.0480 e. The fraction of sp³-hybridized carbons (Fsp3) is 1.00. The SMILES string of the molecule is CCCC(C)(CNC1CC1)CN(C)C1CCOCC1. The van der Waals surface area contributed by atoms with E-state index < -0.39 is 0 Å². The van der Waals surface area contributed by atoms with Crippen LogP contribution in [-0.2, 0) is 4.74 Å². The second kappa shape index (κ2) is 7.05. The van der Waals surface area contributed by atoms with E-state index in [4.69, 9.17) is 4.74 Å². The van der Waals surface area contributed by atoms with Gasteiger partial charge in [0.05, 0.1) is 0 Å². The van der Waals surface area contributed by atoms with Crippen LogP contribution in [0, 0.1) is 5.41 Å². The van der Waals surface area contributed by atoms with Gasteiger partial charge < -0.3 is 15.0 Å². The maximum atomic E-state index is 5.48. The second-order valence-electron chi connectivity index (χ2n) is 6.97. The molecule has 3 nitrogen and oxygen atoms in total. The summed E-state index contributed by atoms with van der Waals surface area (Å²) in [6.07, 6.45) is 7.78. The van der Waals surface area contributed by atoms with Gasteiger partial charge in [-0.25, -0.2) is 0 Å². The van der Waals surface area contributed by atoms with Gasteiger partial charge in [-0.2, -0.15) is 0 Å². The number of nitrogens with one attached hydrogen (secondary N) is 1. The molecule has 0 bridgehead atoms. The Labute approximate surface area is 119 Å². The highest BCUT2D eigenvalue weighted by Gasteiger charge is 2.31. The molecular weight excluding hydrogens is 236 g/mol. The Hall–Kier alpha value is -0.120. The predicted molar refractivity (Wildman–Crippen MR) is 80.5 cm³/mol. The van der Waals surface area contributed by atoms with E-state index in [1.807, 2.05) is 0 Å². The van der Waals surface area contributed by atoms with Crippen molar-refractivity contribution in [3.05, 3.63) is 0 Å². The van der Waals surface area contributed by atoms with Crippen molar-refractivity contribution in [3.63, 3.8) is 0 Å². The zero-order valence-electron chi connectivity index (χ0n) is 13.1. The molecule has 0 aromatic carbocycles. The van der Waals surface area contributed by atoms with Crippen molar-refractivity contribution in [1.82, 2.24) is 10.2 Å². The molecule has 19 heavy (non-hydrogen) atoms. The molecule has 2 rings (SSSR count). The highest BCUT2D eigenvalue weighted by atomic mass is 16.5. The zero-order valence-corrected chi connectivity index (χ0v) is 13.1. The summed E-state index contributed by atoms with van der Waals surface area (Å²) in [4.78, 5) is 2.59. The van der Waals surface area contributed by atoms with E-state index in [0.717, 1.165) is 25.3 Å². The van der Waals surface area contributed by atoms with Gasteiger partial charge in [0.15, 0.2) is 0 Å². The summed E-state index contributed by atoms with van der Waals surface area (Å²) in [5.41, 5.74) is 0.421. The van der Waals surface area contributed by atoms with Crippen LogP contribution >= 0.6 is 0 Å². The fourth-order valence-corrected chi connectivity index (χ4v) is 3.36. The third kappa shape index (κ3) is 5.05. The van der Waals surface area contributed by atoms with Crippen molar-refractivity contribution >= 4 is 0 Å². The first kappa shape index (κ1) is 15.3. The number of hydrogen-bond acceptors (Lipinski definition) is 3. The molecule has 1 saturated carbocycles. The molecule has 1 aliphatic heterocycles. The Bertz CT molecular complexity index is 261. The van der Waals surface area contributed by atoms with E-state index in [0.29, 0.717) is 5.41 Å². The zero-order chi connectivity index (χ0) is 13.7. The first-order valence-electron chi connectivity index (χ1n) is 8.14. The van der Waals surface area contributed by atoms with Gasteiger partial charge in [0.2, 0.25) is 0 Å². The molecule has 3 heteroatoms. The van der Waals surface area contributed by atoms with Crippen LogP contribution in [-0.4, -0.2) is 50.3 Å². The van der Waals surface area contributed by atoms with Gasteiger partial charge in [-0.05, 0) is 44.6 Å². The summed E-state index contributed by atoms with van der Waals surface area (Å²) >= 11 is 0. The highest BCUT2D eigenvalue weighted by molar-refractivity contribution is 4.88. The molecule has 0 aromatic heterocycles. The molecule has 0 aromatic rings. The minimum atomic E-state index is 0.421. The molecule has 1 heterocycles. The summed E-state index contributed by atoms with van der Waals surface area (Å²) < 4.78 is 5.48. The number of hydrogen-bond donors (Lipinski definition) is 1. The lowest BCUT2D eigenvalue weighted by molar-refractivity contribution is 0.0279. The second-order valence-corrected chi connectivity index (χ2v) is 6.97. The van der Waals surface area contributed by atoms with Crippen molar-refractivity contribution in [3.8, 4) is 0 Å². The summed E-state index contributed by atoms with van der Waals surface area (Å²) in [5, 5.41) is 3.74. The Morgan fingerprint density at radius 3 is 2.47 bits per heavy atom. The van der Waals surface area contributed by atoms with Gasteiger partial charge in [0.1, 0.15) is 0 Å². The average Bonchev–Trinajstić information content (AvgIpc) is 3.22. The van der Waals surface area contributed by atoms with Crippen LogP contribution < -0.4 is 5.32 Å². The molecule has 2 aliphatic rings. The van der Waals surface area contributed by atoms with Gasteiger partial charge in [0, 0.05) is 38.4 Å². The number of ether oxygens (including phenoxy) is 1. The van der Waals surface area contributed by atoms with E-state index in [-0.39, 0.29) is 0 Å². The monoisotopic (exact) mass is 268 g/mol. The van der Waals surface area contributed by atoms with Crippen molar-refractivity contribution in [2.45, 2.75) is 64.5 Å². The van der Waals surface area contributed by atoms with E-state index >= 15 is 0 Å². The lowest BCUT2D eigenvalue weighted by atomic mass is 9.84.